The van der Waals surface area contributed by atoms with Crippen LogP contribution in [-0.2, 0) is 10.3 Å². The van der Waals surface area contributed by atoms with Gasteiger partial charge in [-0.1, -0.05) is 0 Å². The van der Waals surface area contributed by atoms with E-state index in [1.54, 1.807) is 11.0 Å². The fourth-order valence-corrected chi connectivity index (χ4v) is 5.38. The van der Waals surface area contributed by atoms with E-state index in [1.807, 2.05) is 12.1 Å². The minimum absolute atomic E-state index is 0.0734. The molecule has 3 heterocycles. The molecule has 1 aromatic carbocycles. The summed E-state index contributed by atoms with van der Waals surface area (Å²) in [6.07, 6.45) is 2.13. The van der Waals surface area contributed by atoms with Crippen LogP contribution in [0, 0.1) is 0 Å². The van der Waals surface area contributed by atoms with Gasteiger partial charge < -0.3 is 19.5 Å². The van der Waals surface area contributed by atoms with E-state index in [4.69, 9.17) is 9.29 Å². The van der Waals surface area contributed by atoms with Crippen molar-refractivity contribution in [2.45, 2.75) is 38.8 Å². The Bertz CT molecular complexity index is 1090. The molecular weight excluding hydrogens is 500 g/mol. The smallest absolute Gasteiger partial charge is 0.336 e. The van der Waals surface area contributed by atoms with E-state index in [2.05, 4.69) is 39.7 Å². The molecule has 9 nitrogen and oxygen atoms in total. The minimum atomic E-state index is -4.22. The largest absolute Gasteiger partial charge is 0.489 e. The fraction of sp³-hybridized carbons (Fsp3) is 0.571. The monoisotopic (exact) mass is 528 g/mol. The van der Waals surface area contributed by atoms with Crippen molar-refractivity contribution in [1.82, 2.24) is 19.1 Å². The predicted octanol–water partition coefficient (Wildman–Crippen LogP) is 2.74. The van der Waals surface area contributed by atoms with Crippen molar-refractivity contribution in [3.8, 4) is 5.75 Å². The summed E-state index contributed by atoms with van der Waals surface area (Å²) in [5.74, 6) is 0.566. The SMILES string of the molecule is CC(C)N1CCC(Oc2cc3cc(C(=O)N4CCN(S(=O)(=O)O)CC4)[nH]c3cc2Br)CC1. The van der Waals surface area contributed by atoms with E-state index in [9.17, 15) is 13.2 Å². The fourth-order valence-electron chi connectivity index (χ4n) is 4.32. The number of carbonyl (C=O) groups is 1. The maximum absolute atomic E-state index is 12.9. The molecule has 0 unspecified atom stereocenters. The Hall–Kier alpha value is -1.66. The van der Waals surface area contributed by atoms with Crippen LogP contribution >= 0.6 is 15.9 Å². The van der Waals surface area contributed by atoms with E-state index in [0.717, 1.165) is 51.4 Å². The molecule has 4 rings (SSSR count). The molecule has 1 amide bonds. The molecule has 176 valence electrons. The van der Waals surface area contributed by atoms with Gasteiger partial charge in [-0.25, -0.2) is 0 Å². The summed E-state index contributed by atoms with van der Waals surface area (Å²) in [6.45, 7) is 7.07. The number of piperidine rings is 1. The van der Waals surface area contributed by atoms with Crippen LogP contribution in [0.15, 0.2) is 22.7 Å². The third-order valence-corrected chi connectivity index (χ3v) is 7.89. The number of hydrogen-bond acceptors (Lipinski definition) is 5. The van der Waals surface area contributed by atoms with Gasteiger partial charge in [-0.3, -0.25) is 9.35 Å². The summed E-state index contributed by atoms with van der Waals surface area (Å²) in [4.78, 5) is 20.1. The van der Waals surface area contributed by atoms with E-state index in [1.165, 1.54) is 0 Å². The molecule has 2 fully saturated rings. The van der Waals surface area contributed by atoms with Crippen molar-refractivity contribution in [2.24, 2.45) is 0 Å². The Balaban J connectivity index is 1.44. The number of aromatic nitrogens is 1. The van der Waals surface area contributed by atoms with Crippen LogP contribution in [0.4, 0.5) is 0 Å². The first-order chi connectivity index (χ1) is 15.1. The summed E-state index contributed by atoms with van der Waals surface area (Å²) < 4.78 is 39.7. The van der Waals surface area contributed by atoms with Gasteiger partial charge in [0, 0.05) is 56.2 Å². The zero-order chi connectivity index (χ0) is 23.0. The molecule has 2 aromatic rings. The molecule has 1 aromatic heterocycles. The second-order valence-corrected chi connectivity index (χ2v) is 10.9. The van der Waals surface area contributed by atoms with Gasteiger partial charge in [0.15, 0.2) is 0 Å². The standard InChI is InChI=1S/C21H29BrN4O5S/c1-14(2)24-5-3-16(4-6-24)31-20-12-15-11-19(23-18(15)13-17(20)22)21(27)25-7-9-26(10-8-25)32(28,29)30/h11-14,16,23H,3-10H2,1-2H3,(H,28,29,30). The molecule has 32 heavy (non-hydrogen) atoms. The zero-order valence-electron chi connectivity index (χ0n) is 18.3. The number of fused-ring (bicyclic) bond motifs is 1. The van der Waals surface area contributed by atoms with Gasteiger partial charge >= 0.3 is 10.3 Å². The molecule has 11 heteroatoms. The molecule has 0 aliphatic carbocycles. The van der Waals surface area contributed by atoms with Crippen molar-refractivity contribution >= 4 is 43.0 Å². The Kier molecular flexibility index (Phi) is 6.83. The number of rotatable bonds is 5. The highest BCUT2D eigenvalue weighted by Gasteiger charge is 2.29. The quantitative estimate of drug-likeness (QED) is 0.578. The first kappa shape index (κ1) is 23.5. The Morgan fingerprint density at radius 3 is 2.38 bits per heavy atom. The average molecular weight is 529 g/mol. The third-order valence-electron chi connectivity index (χ3n) is 6.26. The molecule has 2 aliphatic heterocycles. The van der Waals surface area contributed by atoms with Crippen LogP contribution in [0.25, 0.3) is 10.9 Å². The predicted molar refractivity (Wildman–Crippen MR) is 125 cm³/mol. The maximum atomic E-state index is 12.9. The lowest BCUT2D eigenvalue weighted by molar-refractivity contribution is 0.0687. The van der Waals surface area contributed by atoms with E-state index in [0.29, 0.717) is 11.7 Å². The van der Waals surface area contributed by atoms with Crippen molar-refractivity contribution in [1.29, 1.82) is 0 Å². The zero-order valence-corrected chi connectivity index (χ0v) is 20.7. The second-order valence-electron chi connectivity index (χ2n) is 8.67. The van der Waals surface area contributed by atoms with Gasteiger partial charge in [-0.2, -0.15) is 12.7 Å². The van der Waals surface area contributed by atoms with Crippen LogP contribution in [0.3, 0.4) is 0 Å². The van der Waals surface area contributed by atoms with Crippen molar-refractivity contribution in [3.63, 3.8) is 0 Å². The summed E-state index contributed by atoms with van der Waals surface area (Å²) in [7, 11) is -4.22. The third kappa shape index (κ3) is 5.12. The first-order valence-electron chi connectivity index (χ1n) is 10.9. The number of hydrogen-bond donors (Lipinski definition) is 2. The number of nitrogens with zero attached hydrogens (tertiary/aromatic N) is 3. The Labute approximate surface area is 196 Å². The number of amides is 1. The lowest BCUT2D eigenvalue weighted by Gasteiger charge is -2.34. The molecule has 2 N–H and O–H groups in total. The van der Waals surface area contributed by atoms with E-state index >= 15 is 0 Å². The molecule has 2 saturated heterocycles. The second kappa shape index (κ2) is 9.30. The van der Waals surface area contributed by atoms with E-state index in [-0.39, 0.29) is 38.2 Å². The van der Waals surface area contributed by atoms with Gasteiger partial charge in [0.1, 0.15) is 17.5 Å². The van der Waals surface area contributed by atoms with Crippen LogP contribution < -0.4 is 4.74 Å². The summed E-state index contributed by atoms with van der Waals surface area (Å²) >= 11 is 3.59. The summed E-state index contributed by atoms with van der Waals surface area (Å²) in [5, 5.41) is 0.878. The highest BCUT2D eigenvalue weighted by atomic mass is 79.9. The number of piperazine rings is 1. The lowest BCUT2D eigenvalue weighted by atomic mass is 10.1. The number of aromatic amines is 1. The van der Waals surface area contributed by atoms with Crippen LogP contribution in [0.2, 0.25) is 0 Å². The molecule has 2 aliphatic rings. The minimum Gasteiger partial charge on any atom is -0.489 e. The number of ether oxygens (including phenoxy) is 1. The maximum Gasteiger partial charge on any atom is 0.336 e. The molecule has 0 saturated carbocycles. The average Bonchev–Trinajstić information content (AvgIpc) is 3.16. The number of carbonyl (C=O) groups excluding carboxylic acids is 1. The van der Waals surface area contributed by atoms with Crippen molar-refractivity contribution in [3.05, 3.63) is 28.4 Å². The van der Waals surface area contributed by atoms with Gasteiger partial charge in [-0.05, 0) is 60.8 Å². The van der Waals surface area contributed by atoms with Crippen LogP contribution in [0.1, 0.15) is 37.2 Å². The molecule has 0 spiro atoms. The number of nitrogens with one attached hydrogen (secondary N) is 1. The van der Waals surface area contributed by atoms with Gasteiger partial charge in [0.05, 0.1) is 4.47 Å². The molecule has 0 bridgehead atoms. The van der Waals surface area contributed by atoms with Crippen molar-refractivity contribution in [2.75, 3.05) is 39.3 Å². The molecule has 0 radical (unpaired) electrons. The van der Waals surface area contributed by atoms with E-state index < -0.39 is 10.3 Å². The molecule has 0 atom stereocenters. The number of halogens is 1. The van der Waals surface area contributed by atoms with Crippen LogP contribution in [-0.4, -0.2) is 89.4 Å². The van der Waals surface area contributed by atoms with Gasteiger partial charge in [0.25, 0.3) is 5.91 Å². The lowest BCUT2D eigenvalue weighted by Crippen LogP contribution is -2.50. The highest BCUT2D eigenvalue weighted by Crippen LogP contribution is 2.33. The number of likely N-dealkylation sites (tertiary alicyclic amines) is 1. The molecular formula is C21H29BrN4O5S. The Morgan fingerprint density at radius 1 is 1.12 bits per heavy atom. The van der Waals surface area contributed by atoms with Gasteiger partial charge in [0.2, 0.25) is 0 Å². The summed E-state index contributed by atoms with van der Waals surface area (Å²) in [6, 6.07) is 6.21. The van der Waals surface area contributed by atoms with Crippen molar-refractivity contribution < 1.29 is 22.5 Å². The normalized spacial score (nSPS) is 19.7. The number of benzene rings is 1. The Morgan fingerprint density at radius 2 is 1.78 bits per heavy atom. The topological polar surface area (TPSA) is 106 Å². The van der Waals surface area contributed by atoms with Gasteiger partial charge in [-0.15, -0.1) is 0 Å². The number of H-pyrrole nitrogens is 1. The van der Waals surface area contributed by atoms with Crippen LogP contribution in [0.5, 0.6) is 5.75 Å². The first-order valence-corrected chi connectivity index (χ1v) is 13.1. The highest BCUT2D eigenvalue weighted by molar-refractivity contribution is 9.10. The summed E-state index contributed by atoms with van der Waals surface area (Å²) in [5.41, 5.74) is 1.26.